The van der Waals surface area contributed by atoms with Gasteiger partial charge in [-0.1, -0.05) is 38.5 Å². The summed E-state index contributed by atoms with van der Waals surface area (Å²) >= 11 is 1.34. The van der Waals surface area contributed by atoms with Gasteiger partial charge in [0.2, 0.25) is 5.83 Å². The minimum absolute atomic E-state index is 0.166. The summed E-state index contributed by atoms with van der Waals surface area (Å²) in [5, 5.41) is 8.76. The van der Waals surface area contributed by atoms with Gasteiger partial charge in [-0.2, -0.15) is 15.0 Å². The van der Waals surface area contributed by atoms with Gasteiger partial charge in [-0.15, -0.1) is 11.8 Å². The Morgan fingerprint density at radius 2 is 2.00 bits per heavy atom. The normalized spacial score (nSPS) is 21.4. The molecule has 1 heterocycles. The molecule has 3 rings (SSSR count). The van der Waals surface area contributed by atoms with Gasteiger partial charge in [0.15, 0.2) is 0 Å². The lowest BCUT2D eigenvalue weighted by molar-refractivity contribution is -0.134. The number of hydrogen-bond acceptors (Lipinski definition) is 6. The summed E-state index contributed by atoms with van der Waals surface area (Å²) in [5.74, 6) is -2.83. The second kappa shape index (κ2) is 9.74. The molecule has 0 bridgehead atoms. The highest BCUT2D eigenvalue weighted by Gasteiger charge is 2.40. The summed E-state index contributed by atoms with van der Waals surface area (Å²) in [4.78, 5) is 13.8. The molecule has 32 heavy (non-hydrogen) atoms. The Labute approximate surface area is 193 Å². The van der Waals surface area contributed by atoms with E-state index in [1.54, 1.807) is 6.07 Å². The van der Waals surface area contributed by atoms with E-state index in [2.05, 4.69) is 18.7 Å². The SMILES string of the molecule is CCC[C@]1(C)CN(c2ccccc2)c2cc(SC)c(O/C=C(\F)C(=O)O)cc2S(O)(O)C1. The zero-order valence-corrected chi connectivity index (χ0v) is 19.9. The van der Waals surface area contributed by atoms with Crippen LogP contribution in [0.2, 0.25) is 0 Å². The van der Waals surface area contributed by atoms with Crippen LogP contribution in [0.5, 0.6) is 5.75 Å². The van der Waals surface area contributed by atoms with Crippen LogP contribution in [0.15, 0.2) is 64.3 Å². The van der Waals surface area contributed by atoms with Crippen molar-refractivity contribution in [2.75, 3.05) is 23.5 Å². The van der Waals surface area contributed by atoms with Gasteiger partial charge in [-0.25, -0.2) is 4.79 Å². The van der Waals surface area contributed by atoms with E-state index in [1.165, 1.54) is 17.8 Å². The zero-order chi connectivity index (χ0) is 23.5. The summed E-state index contributed by atoms with van der Waals surface area (Å²) in [7, 11) is -3.21. The predicted molar refractivity (Wildman–Crippen MR) is 128 cm³/mol. The quantitative estimate of drug-likeness (QED) is 0.229. The van der Waals surface area contributed by atoms with E-state index in [0.717, 1.165) is 18.5 Å². The monoisotopic (exact) mass is 481 g/mol. The number of anilines is 2. The fourth-order valence-corrected chi connectivity index (χ4v) is 6.79. The van der Waals surface area contributed by atoms with Crippen LogP contribution in [0.3, 0.4) is 0 Å². The molecule has 0 unspecified atom stereocenters. The average molecular weight is 482 g/mol. The highest BCUT2D eigenvalue weighted by molar-refractivity contribution is 8.24. The van der Waals surface area contributed by atoms with Crippen molar-refractivity contribution in [3.63, 3.8) is 0 Å². The van der Waals surface area contributed by atoms with E-state index in [1.807, 2.05) is 36.6 Å². The van der Waals surface area contributed by atoms with Gasteiger partial charge in [0.25, 0.3) is 0 Å². The van der Waals surface area contributed by atoms with Crippen LogP contribution < -0.4 is 9.64 Å². The molecule has 2 aromatic rings. The Hall–Kier alpha value is -2.20. The zero-order valence-electron chi connectivity index (χ0n) is 18.2. The fourth-order valence-electron chi connectivity index (χ4n) is 4.09. The van der Waals surface area contributed by atoms with E-state index in [0.29, 0.717) is 28.3 Å². The highest BCUT2D eigenvalue weighted by Crippen LogP contribution is 2.61. The smallest absolute Gasteiger partial charge is 0.368 e. The molecule has 1 aliphatic heterocycles. The molecule has 0 radical (unpaired) electrons. The number of ether oxygens (including phenoxy) is 1. The summed E-state index contributed by atoms with van der Waals surface area (Å²) in [6.45, 7) is 4.72. The van der Waals surface area contributed by atoms with Crippen molar-refractivity contribution >= 4 is 39.7 Å². The van der Waals surface area contributed by atoms with Crippen LogP contribution in [-0.2, 0) is 4.79 Å². The van der Waals surface area contributed by atoms with Crippen molar-refractivity contribution in [2.45, 2.75) is 36.5 Å². The maximum Gasteiger partial charge on any atom is 0.368 e. The van der Waals surface area contributed by atoms with Gasteiger partial charge in [-0.05, 0) is 30.9 Å². The minimum Gasteiger partial charge on any atom is -0.476 e. The standard InChI is InChI=1S/C23H28FNO5S2/c1-4-10-23(2)14-25(16-8-6-5-7-9-16)18-11-20(31-3)19(30-13-17(24)22(26)27)12-21(18)32(28,29)15-23/h5-9,11-13,28-29H,4,10,14-15H2,1-3H3,(H,26,27)/b17-13-/t23-/m1/s1. The van der Waals surface area contributed by atoms with Crippen LogP contribution in [0, 0.1) is 5.41 Å². The first-order valence-electron chi connectivity index (χ1n) is 10.2. The Kier molecular flexibility index (Phi) is 7.44. The second-order valence-electron chi connectivity index (χ2n) is 8.15. The molecule has 0 fully saturated rings. The van der Waals surface area contributed by atoms with Crippen molar-refractivity contribution in [1.29, 1.82) is 0 Å². The molecule has 0 amide bonds. The summed E-state index contributed by atoms with van der Waals surface area (Å²) in [5.41, 5.74) is 1.21. The number of halogens is 1. The maximum absolute atomic E-state index is 13.5. The average Bonchev–Trinajstić information content (AvgIpc) is 2.83. The van der Waals surface area contributed by atoms with Crippen molar-refractivity contribution in [3.8, 4) is 5.75 Å². The van der Waals surface area contributed by atoms with E-state index < -0.39 is 22.4 Å². The number of benzene rings is 2. The molecular weight excluding hydrogens is 453 g/mol. The molecular formula is C23H28FNO5S2. The summed E-state index contributed by atoms with van der Waals surface area (Å²) < 4.78 is 41.3. The largest absolute Gasteiger partial charge is 0.476 e. The summed E-state index contributed by atoms with van der Waals surface area (Å²) in [6.07, 6.45) is 4.04. The van der Waals surface area contributed by atoms with Crippen molar-refractivity contribution in [2.24, 2.45) is 5.41 Å². The van der Waals surface area contributed by atoms with Crippen molar-refractivity contribution in [3.05, 3.63) is 54.6 Å². The third kappa shape index (κ3) is 5.23. The van der Waals surface area contributed by atoms with Crippen LogP contribution in [0.25, 0.3) is 0 Å². The molecule has 174 valence electrons. The lowest BCUT2D eigenvalue weighted by Gasteiger charge is -2.39. The molecule has 0 saturated carbocycles. The molecule has 1 aliphatic rings. The number of rotatable bonds is 7. The topological polar surface area (TPSA) is 90.2 Å². The lowest BCUT2D eigenvalue weighted by Crippen LogP contribution is -2.35. The van der Waals surface area contributed by atoms with Crippen LogP contribution in [-0.4, -0.2) is 38.7 Å². The van der Waals surface area contributed by atoms with Gasteiger partial charge in [-0.3, -0.25) is 9.11 Å². The molecule has 3 N–H and O–H groups in total. The van der Waals surface area contributed by atoms with E-state index in [4.69, 9.17) is 9.84 Å². The number of nitrogens with zero attached hydrogens (tertiary/aromatic N) is 1. The molecule has 0 saturated heterocycles. The van der Waals surface area contributed by atoms with Crippen molar-refractivity contribution < 1.29 is 28.1 Å². The number of aliphatic carboxylic acids is 1. The molecule has 1 atom stereocenters. The number of carboxylic acid groups (broad SMARTS) is 1. The predicted octanol–water partition coefficient (Wildman–Crippen LogP) is 6.75. The molecule has 6 nitrogen and oxygen atoms in total. The van der Waals surface area contributed by atoms with E-state index in [9.17, 15) is 18.3 Å². The van der Waals surface area contributed by atoms with Gasteiger partial charge < -0.3 is 14.7 Å². The van der Waals surface area contributed by atoms with Gasteiger partial charge in [0.1, 0.15) is 12.0 Å². The van der Waals surface area contributed by atoms with Gasteiger partial charge in [0.05, 0.1) is 15.5 Å². The van der Waals surface area contributed by atoms with Gasteiger partial charge >= 0.3 is 5.97 Å². The number of carbonyl (C=O) groups is 1. The van der Waals surface area contributed by atoms with Crippen molar-refractivity contribution in [1.82, 2.24) is 0 Å². The highest BCUT2D eigenvalue weighted by atomic mass is 32.3. The number of para-hydroxylation sites is 1. The summed E-state index contributed by atoms with van der Waals surface area (Å²) in [6, 6.07) is 13.0. The number of fused-ring (bicyclic) bond motifs is 1. The number of thioether (sulfide) groups is 1. The molecule has 0 aromatic heterocycles. The Morgan fingerprint density at radius 1 is 1.31 bits per heavy atom. The first kappa shape index (κ1) is 24.4. The minimum atomic E-state index is -3.21. The third-order valence-corrected chi connectivity index (χ3v) is 8.28. The molecule has 2 aromatic carbocycles. The second-order valence-corrected chi connectivity index (χ2v) is 11.1. The Bertz CT molecular complexity index is 1010. The third-order valence-electron chi connectivity index (χ3n) is 5.39. The Morgan fingerprint density at radius 3 is 2.59 bits per heavy atom. The number of carboxylic acids is 1. The lowest BCUT2D eigenvalue weighted by atomic mass is 9.87. The number of hydrogen-bond donors (Lipinski definition) is 3. The first-order valence-corrected chi connectivity index (χ1v) is 13.1. The van der Waals surface area contributed by atoms with Gasteiger partial charge in [0, 0.05) is 29.5 Å². The van der Waals surface area contributed by atoms with E-state index >= 15 is 0 Å². The molecule has 0 spiro atoms. The maximum atomic E-state index is 13.5. The van der Waals surface area contributed by atoms with Crippen LogP contribution >= 0.6 is 22.4 Å². The van der Waals surface area contributed by atoms with Crippen LogP contribution in [0.4, 0.5) is 15.8 Å². The first-order chi connectivity index (χ1) is 15.1. The Balaban J connectivity index is 2.20. The molecule has 9 heteroatoms. The fraction of sp³-hybridized carbons (Fsp3) is 0.348. The van der Waals surface area contributed by atoms with E-state index in [-0.39, 0.29) is 16.9 Å². The van der Waals surface area contributed by atoms with Crippen LogP contribution in [0.1, 0.15) is 26.7 Å². The molecule has 0 aliphatic carbocycles.